The molecule has 1 N–H and O–H groups in total. The minimum Gasteiger partial charge on any atom is -0.325 e. The summed E-state index contributed by atoms with van der Waals surface area (Å²) in [5.74, 6) is -0.894. The van der Waals surface area contributed by atoms with Crippen LogP contribution in [0.3, 0.4) is 0 Å². The van der Waals surface area contributed by atoms with Gasteiger partial charge in [0, 0.05) is 16.7 Å². The van der Waals surface area contributed by atoms with Crippen molar-refractivity contribution in [2.45, 2.75) is 18.4 Å². The SMILES string of the molecule is Cc1ccc(S(=O)(=O)N(CC(=O)Nc2ccc(Br)cc2)Cc2ccc(F)cc2)cc1. The van der Waals surface area contributed by atoms with Gasteiger partial charge in [-0.2, -0.15) is 4.31 Å². The van der Waals surface area contributed by atoms with E-state index in [9.17, 15) is 17.6 Å². The molecule has 156 valence electrons. The van der Waals surface area contributed by atoms with E-state index in [1.54, 1.807) is 36.4 Å². The molecular formula is C22H20BrFN2O3S. The van der Waals surface area contributed by atoms with Gasteiger partial charge in [-0.25, -0.2) is 12.8 Å². The first-order chi connectivity index (χ1) is 14.2. The zero-order valence-electron chi connectivity index (χ0n) is 16.2. The van der Waals surface area contributed by atoms with E-state index in [1.165, 1.54) is 36.4 Å². The number of halogens is 2. The molecule has 8 heteroatoms. The summed E-state index contributed by atoms with van der Waals surface area (Å²) in [5, 5.41) is 2.70. The Balaban J connectivity index is 1.86. The number of rotatable bonds is 7. The van der Waals surface area contributed by atoms with E-state index >= 15 is 0 Å². The van der Waals surface area contributed by atoms with Crippen LogP contribution in [0, 0.1) is 12.7 Å². The molecule has 3 aromatic carbocycles. The van der Waals surface area contributed by atoms with Crippen molar-refractivity contribution in [1.29, 1.82) is 0 Å². The summed E-state index contributed by atoms with van der Waals surface area (Å²) in [4.78, 5) is 12.7. The molecule has 0 aliphatic rings. The second-order valence-corrected chi connectivity index (χ2v) is 9.62. The first-order valence-corrected chi connectivity index (χ1v) is 11.3. The van der Waals surface area contributed by atoms with Crippen molar-refractivity contribution in [1.82, 2.24) is 4.31 Å². The number of aryl methyl sites for hydroxylation is 1. The molecule has 3 rings (SSSR count). The molecule has 0 spiro atoms. The second-order valence-electron chi connectivity index (χ2n) is 6.77. The molecule has 0 aliphatic heterocycles. The predicted octanol–water partition coefficient (Wildman–Crippen LogP) is 4.73. The number of hydrogen-bond acceptors (Lipinski definition) is 3. The number of benzene rings is 3. The monoisotopic (exact) mass is 490 g/mol. The molecule has 0 unspecified atom stereocenters. The lowest BCUT2D eigenvalue weighted by molar-refractivity contribution is -0.116. The Labute approximate surface area is 183 Å². The van der Waals surface area contributed by atoms with Crippen LogP contribution in [0.5, 0.6) is 0 Å². The normalized spacial score (nSPS) is 11.5. The Kier molecular flexibility index (Phi) is 7.02. The van der Waals surface area contributed by atoms with E-state index in [2.05, 4.69) is 21.2 Å². The highest BCUT2D eigenvalue weighted by molar-refractivity contribution is 9.10. The van der Waals surface area contributed by atoms with Crippen molar-refractivity contribution in [3.63, 3.8) is 0 Å². The van der Waals surface area contributed by atoms with E-state index in [1.807, 2.05) is 6.92 Å². The molecular weight excluding hydrogens is 471 g/mol. The zero-order chi connectivity index (χ0) is 21.7. The summed E-state index contributed by atoms with van der Waals surface area (Å²) >= 11 is 3.32. The van der Waals surface area contributed by atoms with Gasteiger partial charge in [-0.3, -0.25) is 4.79 Å². The van der Waals surface area contributed by atoms with E-state index in [0.717, 1.165) is 14.3 Å². The average molecular weight is 491 g/mol. The van der Waals surface area contributed by atoms with Crippen molar-refractivity contribution < 1.29 is 17.6 Å². The van der Waals surface area contributed by atoms with Crippen molar-refractivity contribution in [3.8, 4) is 0 Å². The maximum absolute atomic E-state index is 13.2. The van der Waals surface area contributed by atoms with Crippen LogP contribution in [0.4, 0.5) is 10.1 Å². The fraction of sp³-hybridized carbons (Fsp3) is 0.136. The van der Waals surface area contributed by atoms with Crippen LogP contribution in [0.1, 0.15) is 11.1 Å². The molecule has 0 fully saturated rings. The van der Waals surface area contributed by atoms with Crippen molar-refractivity contribution >= 4 is 37.5 Å². The molecule has 0 radical (unpaired) electrons. The third-order valence-corrected chi connectivity index (χ3v) is 6.71. The first-order valence-electron chi connectivity index (χ1n) is 9.11. The number of nitrogens with one attached hydrogen (secondary N) is 1. The Morgan fingerprint density at radius 1 is 0.967 bits per heavy atom. The third kappa shape index (κ3) is 5.75. The highest BCUT2D eigenvalue weighted by atomic mass is 79.9. The fourth-order valence-corrected chi connectivity index (χ4v) is 4.42. The fourth-order valence-electron chi connectivity index (χ4n) is 2.77. The van der Waals surface area contributed by atoms with Crippen LogP contribution in [-0.2, 0) is 21.4 Å². The van der Waals surface area contributed by atoms with Gasteiger partial charge in [-0.05, 0) is 61.0 Å². The van der Waals surface area contributed by atoms with E-state index < -0.39 is 21.7 Å². The molecule has 0 aliphatic carbocycles. The molecule has 5 nitrogen and oxygen atoms in total. The Morgan fingerprint density at radius 3 is 2.17 bits per heavy atom. The summed E-state index contributed by atoms with van der Waals surface area (Å²) < 4.78 is 41.6. The van der Waals surface area contributed by atoms with Crippen LogP contribution in [0.25, 0.3) is 0 Å². The van der Waals surface area contributed by atoms with E-state index in [4.69, 9.17) is 0 Å². The minimum atomic E-state index is -3.95. The molecule has 0 atom stereocenters. The summed E-state index contributed by atoms with van der Waals surface area (Å²) in [6.45, 7) is 1.41. The maximum Gasteiger partial charge on any atom is 0.243 e. The summed E-state index contributed by atoms with van der Waals surface area (Å²) in [7, 11) is -3.95. The molecule has 0 heterocycles. The van der Waals surface area contributed by atoms with E-state index in [0.29, 0.717) is 11.3 Å². The quantitative estimate of drug-likeness (QED) is 0.520. The van der Waals surface area contributed by atoms with Gasteiger partial charge in [-0.15, -0.1) is 0 Å². The number of hydrogen-bond donors (Lipinski definition) is 1. The number of anilines is 1. The maximum atomic E-state index is 13.2. The second kappa shape index (κ2) is 9.51. The van der Waals surface area contributed by atoms with Gasteiger partial charge in [0.15, 0.2) is 0 Å². The zero-order valence-corrected chi connectivity index (χ0v) is 18.6. The van der Waals surface area contributed by atoms with Crippen molar-refractivity contribution in [2.75, 3.05) is 11.9 Å². The molecule has 0 bridgehead atoms. The highest BCUT2D eigenvalue weighted by Crippen LogP contribution is 2.20. The van der Waals surface area contributed by atoms with Crippen molar-refractivity contribution in [3.05, 3.63) is 94.2 Å². The number of carbonyl (C=O) groups excluding carboxylic acids is 1. The number of sulfonamides is 1. The van der Waals surface area contributed by atoms with Gasteiger partial charge < -0.3 is 5.32 Å². The van der Waals surface area contributed by atoms with Gasteiger partial charge >= 0.3 is 0 Å². The highest BCUT2D eigenvalue weighted by Gasteiger charge is 2.27. The van der Waals surface area contributed by atoms with Gasteiger partial charge in [0.2, 0.25) is 15.9 Å². The Bertz CT molecular complexity index is 1120. The largest absolute Gasteiger partial charge is 0.325 e. The van der Waals surface area contributed by atoms with Gasteiger partial charge in [0.05, 0.1) is 11.4 Å². The number of nitrogens with zero attached hydrogens (tertiary/aromatic N) is 1. The Hall–Kier alpha value is -2.55. The minimum absolute atomic E-state index is 0.0652. The third-order valence-electron chi connectivity index (χ3n) is 4.38. The predicted molar refractivity (Wildman–Crippen MR) is 118 cm³/mol. The molecule has 1 amide bonds. The van der Waals surface area contributed by atoms with E-state index in [-0.39, 0.29) is 18.0 Å². The van der Waals surface area contributed by atoms with Crippen LogP contribution in [0.2, 0.25) is 0 Å². The van der Waals surface area contributed by atoms with Crippen molar-refractivity contribution in [2.24, 2.45) is 0 Å². The van der Waals surface area contributed by atoms with Gasteiger partial charge in [0.25, 0.3) is 0 Å². The molecule has 0 aromatic heterocycles. The molecule has 0 saturated heterocycles. The van der Waals surface area contributed by atoms with Gasteiger partial charge in [0.1, 0.15) is 5.82 Å². The summed E-state index contributed by atoms with van der Waals surface area (Å²) in [5.41, 5.74) is 2.05. The van der Waals surface area contributed by atoms with Crippen LogP contribution in [0.15, 0.2) is 82.2 Å². The standard InChI is InChI=1S/C22H20BrFN2O3S/c1-16-2-12-21(13-3-16)30(28,29)26(14-17-4-8-19(24)9-5-17)15-22(27)25-20-10-6-18(23)7-11-20/h2-13H,14-15H2,1H3,(H,25,27). The lowest BCUT2D eigenvalue weighted by atomic mass is 10.2. The van der Waals surface area contributed by atoms with Crippen LogP contribution in [-0.4, -0.2) is 25.2 Å². The molecule has 30 heavy (non-hydrogen) atoms. The number of carbonyl (C=O) groups is 1. The van der Waals surface area contributed by atoms with Crippen LogP contribution < -0.4 is 5.32 Å². The molecule has 0 saturated carbocycles. The summed E-state index contributed by atoms with van der Waals surface area (Å²) in [6.07, 6.45) is 0. The van der Waals surface area contributed by atoms with Gasteiger partial charge in [-0.1, -0.05) is 45.8 Å². The average Bonchev–Trinajstić information content (AvgIpc) is 2.71. The van der Waals surface area contributed by atoms with Crippen LogP contribution >= 0.6 is 15.9 Å². The smallest absolute Gasteiger partial charge is 0.243 e. The topological polar surface area (TPSA) is 66.5 Å². The summed E-state index contributed by atoms with van der Waals surface area (Å²) in [6, 6.07) is 18.9. The Morgan fingerprint density at radius 2 is 1.57 bits per heavy atom. The first kappa shape index (κ1) is 22.1. The lowest BCUT2D eigenvalue weighted by Gasteiger charge is -2.22. The number of amides is 1. The molecule has 3 aromatic rings. The lowest BCUT2D eigenvalue weighted by Crippen LogP contribution is -2.37.